The van der Waals surface area contributed by atoms with E-state index in [0.29, 0.717) is 16.5 Å². The highest BCUT2D eigenvalue weighted by Gasteiger charge is 2.14. The first-order valence-electron chi connectivity index (χ1n) is 7.16. The second-order valence-corrected chi connectivity index (χ2v) is 6.23. The largest absolute Gasteiger partial charge is 0.298 e. The van der Waals surface area contributed by atoms with E-state index >= 15 is 0 Å². The topological polar surface area (TPSA) is 85.6 Å². The molecule has 0 bridgehead atoms. The van der Waals surface area contributed by atoms with Gasteiger partial charge in [-0.05, 0) is 43.3 Å². The Balaban J connectivity index is 1.87. The summed E-state index contributed by atoms with van der Waals surface area (Å²) in [6.45, 7) is 5.89. The average Bonchev–Trinajstić information content (AvgIpc) is 3.16. The smallest absolute Gasteiger partial charge is 0.257 e. The first kappa shape index (κ1) is 15.3. The van der Waals surface area contributed by atoms with Crippen molar-refractivity contribution in [1.82, 2.24) is 25.2 Å². The van der Waals surface area contributed by atoms with E-state index in [4.69, 9.17) is 0 Å². The number of benzene rings is 1. The molecule has 23 heavy (non-hydrogen) atoms. The fourth-order valence-corrected chi connectivity index (χ4v) is 2.79. The van der Waals surface area contributed by atoms with Gasteiger partial charge < -0.3 is 0 Å². The minimum atomic E-state index is -0.204. The minimum absolute atomic E-state index is 0.135. The Bertz CT molecular complexity index is 838. The number of amides is 1. The van der Waals surface area contributed by atoms with Gasteiger partial charge in [0.15, 0.2) is 11.0 Å². The zero-order chi connectivity index (χ0) is 16.4. The summed E-state index contributed by atoms with van der Waals surface area (Å²) in [4.78, 5) is 16.6. The SMILES string of the molecule is Cc1csc(NC(=O)c2cccc(-c3nnnn3C(C)C)c2)n1. The molecule has 3 rings (SSSR count). The van der Waals surface area contributed by atoms with Crippen LogP contribution in [0, 0.1) is 6.92 Å². The van der Waals surface area contributed by atoms with Crippen LogP contribution in [-0.2, 0) is 0 Å². The number of hydrogen-bond acceptors (Lipinski definition) is 6. The van der Waals surface area contributed by atoms with Crippen LogP contribution in [0.5, 0.6) is 0 Å². The standard InChI is InChI=1S/C15H16N6OS/c1-9(2)21-13(18-19-20-21)11-5-4-6-12(7-11)14(22)17-15-16-10(3)8-23-15/h4-9H,1-3H3,(H,16,17,22). The van der Waals surface area contributed by atoms with Gasteiger partial charge in [0.25, 0.3) is 5.91 Å². The third-order valence-corrected chi connectivity index (χ3v) is 4.08. The van der Waals surface area contributed by atoms with Crippen molar-refractivity contribution >= 4 is 22.4 Å². The maximum Gasteiger partial charge on any atom is 0.257 e. The van der Waals surface area contributed by atoms with Gasteiger partial charge in [0.1, 0.15) is 0 Å². The number of carbonyl (C=O) groups is 1. The Morgan fingerprint density at radius 2 is 2.17 bits per heavy atom. The summed E-state index contributed by atoms with van der Waals surface area (Å²) >= 11 is 1.40. The van der Waals surface area contributed by atoms with E-state index in [1.54, 1.807) is 16.8 Å². The van der Waals surface area contributed by atoms with Gasteiger partial charge in [-0.2, -0.15) is 0 Å². The zero-order valence-corrected chi connectivity index (χ0v) is 13.8. The van der Waals surface area contributed by atoms with Gasteiger partial charge in [0.2, 0.25) is 0 Å². The molecule has 0 unspecified atom stereocenters. The molecule has 2 aromatic heterocycles. The van der Waals surface area contributed by atoms with Crippen molar-refractivity contribution < 1.29 is 4.79 Å². The highest BCUT2D eigenvalue weighted by atomic mass is 32.1. The van der Waals surface area contributed by atoms with Gasteiger partial charge in [-0.3, -0.25) is 10.1 Å². The number of anilines is 1. The maximum atomic E-state index is 12.4. The number of aryl methyl sites for hydroxylation is 1. The maximum absolute atomic E-state index is 12.4. The van der Waals surface area contributed by atoms with Crippen molar-refractivity contribution in [1.29, 1.82) is 0 Å². The Morgan fingerprint density at radius 1 is 1.35 bits per heavy atom. The molecule has 1 N–H and O–H groups in total. The molecule has 1 aromatic carbocycles. The van der Waals surface area contributed by atoms with Crippen LogP contribution in [0.3, 0.4) is 0 Å². The molecule has 0 saturated heterocycles. The quantitative estimate of drug-likeness (QED) is 0.796. The van der Waals surface area contributed by atoms with Gasteiger partial charge >= 0.3 is 0 Å². The number of nitrogens with zero attached hydrogens (tertiary/aromatic N) is 5. The molecule has 2 heterocycles. The van der Waals surface area contributed by atoms with Crippen molar-refractivity contribution in [3.63, 3.8) is 0 Å². The summed E-state index contributed by atoms with van der Waals surface area (Å²) in [6, 6.07) is 7.37. The van der Waals surface area contributed by atoms with Crippen LogP contribution in [-0.4, -0.2) is 31.1 Å². The summed E-state index contributed by atoms with van der Waals surface area (Å²) in [5.41, 5.74) is 2.22. The van der Waals surface area contributed by atoms with E-state index in [0.717, 1.165) is 11.3 Å². The lowest BCUT2D eigenvalue weighted by Gasteiger charge is -2.08. The van der Waals surface area contributed by atoms with Crippen LogP contribution in [0.15, 0.2) is 29.6 Å². The number of aromatic nitrogens is 5. The van der Waals surface area contributed by atoms with Gasteiger partial charge in [0.05, 0.1) is 11.7 Å². The van der Waals surface area contributed by atoms with E-state index < -0.39 is 0 Å². The summed E-state index contributed by atoms with van der Waals surface area (Å²) < 4.78 is 1.72. The minimum Gasteiger partial charge on any atom is -0.298 e. The summed E-state index contributed by atoms with van der Waals surface area (Å²) in [5, 5.41) is 17.0. The summed E-state index contributed by atoms with van der Waals surface area (Å²) in [7, 11) is 0. The van der Waals surface area contributed by atoms with Crippen LogP contribution in [0.1, 0.15) is 35.9 Å². The number of thiazole rings is 1. The van der Waals surface area contributed by atoms with Crippen molar-refractivity contribution in [3.05, 3.63) is 40.9 Å². The molecule has 8 heteroatoms. The Hall–Kier alpha value is -2.61. The van der Waals surface area contributed by atoms with E-state index in [1.165, 1.54) is 11.3 Å². The van der Waals surface area contributed by atoms with E-state index in [2.05, 4.69) is 25.8 Å². The Kier molecular flexibility index (Phi) is 4.16. The lowest BCUT2D eigenvalue weighted by Crippen LogP contribution is -2.12. The predicted octanol–water partition coefficient (Wildman–Crippen LogP) is 2.94. The molecule has 0 fully saturated rings. The van der Waals surface area contributed by atoms with Crippen molar-refractivity contribution in [3.8, 4) is 11.4 Å². The van der Waals surface area contributed by atoms with E-state index in [1.807, 2.05) is 38.3 Å². The zero-order valence-electron chi connectivity index (χ0n) is 13.0. The number of rotatable bonds is 4. The number of tetrazole rings is 1. The van der Waals surface area contributed by atoms with Crippen molar-refractivity contribution in [2.75, 3.05) is 5.32 Å². The third kappa shape index (κ3) is 3.26. The fourth-order valence-electron chi connectivity index (χ4n) is 2.11. The molecule has 0 atom stereocenters. The van der Waals surface area contributed by atoms with Gasteiger partial charge in [-0.25, -0.2) is 9.67 Å². The number of carbonyl (C=O) groups excluding carboxylic acids is 1. The van der Waals surface area contributed by atoms with Crippen LogP contribution < -0.4 is 5.32 Å². The molecule has 0 saturated carbocycles. The lowest BCUT2D eigenvalue weighted by atomic mass is 10.1. The van der Waals surface area contributed by atoms with Gasteiger partial charge in [-0.1, -0.05) is 12.1 Å². The second kappa shape index (κ2) is 6.25. The summed E-state index contributed by atoms with van der Waals surface area (Å²) in [6.07, 6.45) is 0. The predicted molar refractivity (Wildman–Crippen MR) is 88.4 cm³/mol. The Morgan fingerprint density at radius 3 is 2.87 bits per heavy atom. The monoisotopic (exact) mass is 328 g/mol. The molecule has 0 spiro atoms. The molecule has 0 aliphatic carbocycles. The van der Waals surface area contributed by atoms with E-state index in [9.17, 15) is 4.79 Å². The highest BCUT2D eigenvalue weighted by molar-refractivity contribution is 7.13. The number of hydrogen-bond donors (Lipinski definition) is 1. The van der Waals surface area contributed by atoms with E-state index in [-0.39, 0.29) is 11.9 Å². The van der Waals surface area contributed by atoms with Crippen LogP contribution in [0.4, 0.5) is 5.13 Å². The molecule has 118 valence electrons. The normalized spacial score (nSPS) is 11.0. The average molecular weight is 328 g/mol. The first-order valence-corrected chi connectivity index (χ1v) is 8.04. The molecule has 3 aromatic rings. The molecule has 0 radical (unpaired) electrons. The highest BCUT2D eigenvalue weighted by Crippen LogP contribution is 2.21. The first-order chi connectivity index (χ1) is 11.0. The van der Waals surface area contributed by atoms with Crippen LogP contribution in [0.25, 0.3) is 11.4 Å². The Labute approximate surface area is 137 Å². The molecule has 0 aliphatic rings. The molecule has 0 aliphatic heterocycles. The van der Waals surface area contributed by atoms with Crippen LogP contribution in [0.2, 0.25) is 0 Å². The van der Waals surface area contributed by atoms with Crippen molar-refractivity contribution in [2.45, 2.75) is 26.8 Å². The third-order valence-electron chi connectivity index (χ3n) is 3.20. The van der Waals surface area contributed by atoms with Crippen LogP contribution >= 0.6 is 11.3 Å². The van der Waals surface area contributed by atoms with Gasteiger partial charge in [-0.15, -0.1) is 16.4 Å². The molecule has 7 nitrogen and oxygen atoms in total. The fraction of sp³-hybridized carbons (Fsp3) is 0.267. The van der Waals surface area contributed by atoms with Crippen molar-refractivity contribution in [2.24, 2.45) is 0 Å². The number of nitrogens with one attached hydrogen (secondary N) is 1. The molecular formula is C15H16N6OS. The second-order valence-electron chi connectivity index (χ2n) is 5.37. The summed E-state index contributed by atoms with van der Waals surface area (Å²) in [5.74, 6) is 0.435. The molecule has 1 amide bonds. The lowest BCUT2D eigenvalue weighted by molar-refractivity contribution is 0.102. The molecular weight excluding hydrogens is 312 g/mol. The van der Waals surface area contributed by atoms with Gasteiger partial charge in [0, 0.05) is 16.5 Å².